The molecule has 5 nitrogen and oxygen atoms in total. The van der Waals surface area contributed by atoms with Gasteiger partial charge < -0.3 is 20.3 Å². The number of rotatable bonds is 7. The summed E-state index contributed by atoms with van der Waals surface area (Å²) >= 11 is 3.46. The van der Waals surface area contributed by atoms with Crippen LogP contribution in [0.1, 0.15) is 31.4 Å². The van der Waals surface area contributed by atoms with Gasteiger partial charge in [-0.3, -0.25) is 4.79 Å². The van der Waals surface area contributed by atoms with Crippen molar-refractivity contribution in [1.82, 2.24) is 0 Å². The third kappa shape index (κ3) is 4.38. The van der Waals surface area contributed by atoms with E-state index < -0.39 is 5.97 Å². The van der Waals surface area contributed by atoms with Crippen molar-refractivity contribution in [2.75, 3.05) is 14.2 Å². The van der Waals surface area contributed by atoms with Gasteiger partial charge in [0, 0.05) is 16.9 Å². The summed E-state index contributed by atoms with van der Waals surface area (Å²) in [6.45, 7) is 1.88. The summed E-state index contributed by atoms with van der Waals surface area (Å²) < 4.78 is 11.3. The molecule has 6 heteroatoms. The Morgan fingerprint density at radius 1 is 1.35 bits per heavy atom. The average Bonchev–Trinajstić information content (AvgIpc) is 2.36. The fourth-order valence-electron chi connectivity index (χ4n) is 2.10. The van der Waals surface area contributed by atoms with Gasteiger partial charge in [-0.25, -0.2) is 0 Å². The van der Waals surface area contributed by atoms with Crippen LogP contribution in [0, 0.1) is 5.92 Å². The molecule has 2 atom stereocenters. The van der Waals surface area contributed by atoms with Crippen molar-refractivity contribution >= 4 is 21.9 Å². The fourth-order valence-corrected chi connectivity index (χ4v) is 2.71. The number of methoxy groups -OCH3 is 2. The molecule has 20 heavy (non-hydrogen) atoms. The first-order valence-electron chi connectivity index (χ1n) is 6.27. The van der Waals surface area contributed by atoms with Gasteiger partial charge in [0.25, 0.3) is 0 Å². The average molecular weight is 346 g/mol. The van der Waals surface area contributed by atoms with E-state index in [0.29, 0.717) is 17.9 Å². The molecule has 0 saturated heterocycles. The van der Waals surface area contributed by atoms with E-state index in [1.165, 1.54) is 0 Å². The lowest BCUT2D eigenvalue weighted by Crippen LogP contribution is -2.16. The first kappa shape index (κ1) is 16.8. The molecule has 0 aromatic heterocycles. The minimum atomic E-state index is -0.809. The van der Waals surface area contributed by atoms with Crippen molar-refractivity contribution in [2.45, 2.75) is 25.8 Å². The van der Waals surface area contributed by atoms with Crippen molar-refractivity contribution in [3.8, 4) is 11.5 Å². The molecule has 0 radical (unpaired) electrons. The molecule has 1 rings (SSSR count). The summed E-state index contributed by atoms with van der Waals surface area (Å²) in [5, 5.41) is 8.79. The Bertz CT molecular complexity index is 478. The number of halogens is 1. The molecular formula is C14H20BrNO4. The zero-order valence-corrected chi connectivity index (χ0v) is 13.4. The molecule has 0 amide bonds. The molecule has 0 aliphatic heterocycles. The smallest absolute Gasteiger partial charge is 0.303 e. The number of hydrogen-bond acceptors (Lipinski definition) is 4. The number of aliphatic carboxylic acids is 1. The first-order valence-corrected chi connectivity index (χ1v) is 7.07. The molecule has 0 heterocycles. The van der Waals surface area contributed by atoms with Gasteiger partial charge in [-0.2, -0.15) is 0 Å². The van der Waals surface area contributed by atoms with Crippen LogP contribution in [0.25, 0.3) is 0 Å². The zero-order chi connectivity index (χ0) is 15.3. The number of carbonyl (C=O) groups is 1. The highest BCUT2D eigenvalue weighted by Crippen LogP contribution is 2.37. The molecule has 0 saturated carbocycles. The van der Waals surface area contributed by atoms with Crippen LogP contribution in [0.3, 0.4) is 0 Å². The van der Waals surface area contributed by atoms with Crippen molar-refractivity contribution in [2.24, 2.45) is 11.7 Å². The molecule has 0 bridgehead atoms. The minimum Gasteiger partial charge on any atom is -0.493 e. The number of benzene rings is 1. The number of nitrogens with two attached hydrogens (primary N) is 1. The summed E-state index contributed by atoms with van der Waals surface area (Å²) in [5.41, 5.74) is 7.04. The monoisotopic (exact) mass is 345 g/mol. The molecule has 1 aromatic rings. The van der Waals surface area contributed by atoms with Crippen molar-refractivity contribution < 1.29 is 19.4 Å². The standard InChI is InChI=1S/C14H20BrNO4/c1-8(5-14(17)18)4-11(16)9-6-12(19-2)13(20-3)7-10(9)15/h6-8,11H,4-5,16H2,1-3H3,(H,17,18). The van der Waals surface area contributed by atoms with Crippen LogP contribution in [-0.4, -0.2) is 25.3 Å². The second kappa shape index (κ2) is 7.50. The van der Waals surface area contributed by atoms with Gasteiger partial charge in [-0.1, -0.05) is 22.9 Å². The Hall–Kier alpha value is -1.27. The Kier molecular flexibility index (Phi) is 6.29. The Labute approximate surface area is 127 Å². The Morgan fingerprint density at radius 3 is 2.40 bits per heavy atom. The van der Waals surface area contributed by atoms with Gasteiger partial charge in [0.15, 0.2) is 11.5 Å². The molecule has 2 unspecified atom stereocenters. The van der Waals surface area contributed by atoms with E-state index in [2.05, 4.69) is 15.9 Å². The van der Waals surface area contributed by atoms with Gasteiger partial charge in [-0.15, -0.1) is 0 Å². The number of ether oxygens (including phenoxy) is 2. The maximum absolute atomic E-state index is 10.7. The van der Waals surface area contributed by atoms with Gasteiger partial charge in [0.2, 0.25) is 0 Å². The van der Waals surface area contributed by atoms with Crippen LogP contribution in [0.15, 0.2) is 16.6 Å². The van der Waals surface area contributed by atoms with Crippen LogP contribution < -0.4 is 15.2 Å². The van der Waals surface area contributed by atoms with E-state index in [1.807, 2.05) is 13.0 Å². The summed E-state index contributed by atoms with van der Waals surface area (Å²) in [6, 6.07) is 3.36. The summed E-state index contributed by atoms with van der Waals surface area (Å²) in [7, 11) is 3.13. The minimum absolute atomic E-state index is 0.00231. The van der Waals surface area contributed by atoms with Gasteiger partial charge in [-0.05, 0) is 30.0 Å². The van der Waals surface area contributed by atoms with Gasteiger partial charge in [0.05, 0.1) is 14.2 Å². The zero-order valence-electron chi connectivity index (χ0n) is 11.9. The summed E-state index contributed by atoms with van der Waals surface area (Å²) in [6.07, 6.45) is 0.693. The summed E-state index contributed by atoms with van der Waals surface area (Å²) in [5.74, 6) is 0.416. The highest BCUT2D eigenvalue weighted by atomic mass is 79.9. The largest absolute Gasteiger partial charge is 0.493 e. The number of carboxylic acids is 1. The van der Waals surface area contributed by atoms with Crippen molar-refractivity contribution in [1.29, 1.82) is 0 Å². The normalized spacial score (nSPS) is 13.7. The van der Waals surface area contributed by atoms with Crippen LogP contribution in [0.4, 0.5) is 0 Å². The highest BCUT2D eigenvalue weighted by molar-refractivity contribution is 9.10. The van der Waals surface area contributed by atoms with Crippen LogP contribution >= 0.6 is 15.9 Å². The SMILES string of the molecule is COc1cc(Br)c(C(N)CC(C)CC(=O)O)cc1OC. The number of carboxylic acid groups (broad SMARTS) is 1. The van der Waals surface area contributed by atoms with Crippen LogP contribution in [0.2, 0.25) is 0 Å². The highest BCUT2D eigenvalue weighted by Gasteiger charge is 2.18. The van der Waals surface area contributed by atoms with E-state index in [9.17, 15) is 4.79 Å². The third-order valence-electron chi connectivity index (χ3n) is 3.08. The first-order chi connectivity index (χ1) is 9.38. The Balaban J connectivity index is 2.92. The van der Waals surface area contributed by atoms with E-state index in [4.69, 9.17) is 20.3 Å². The molecule has 0 spiro atoms. The molecule has 0 aliphatic carbocycles. The molecule has 3 N–H and O–H groups in total. The van der Waals surface area contributed by atoms with Gasteiger partial charge in [0.1, 0.15) is 0 Å². The lowest BCUT2D eigenvalue weighted by Gasteiger charge is -2.19. The van der Waals surface area contributed by atoms with Crippen molar-refractivity contribution in [3.05, 3.63) is 22.2 Å². The Morgan fingerprint density at radius 2 is 1.90 bits per heavy atom. The predicted molar refractivity (Wildman–Crippen MR) is 80.2 cm³/mol. The lowest BCUT2D eigenvalue weighted by atomic mass is 9.94. The third-order valence-corrected chi connectivity index (χ3v) is 3.77. The van der Waals surface area contributed by atoms with Crippen LogP contribution in [0.5, 0.6) is 11.5 Å². The molecule has 0 aliphatic rings. The van der Waals surface area contributed by atoms with E-state index in [1.54, 1.807) is 20.3 Å². The quantitative estimate of drug-likeness (QED) is 0.793. The maximum Gasteiger partial charge on any atom is 0.303 e. The predicted octanol–water partition coefficient (Wildman–Crippen LogP) is 2.97. The van der Waals surface area contributed by atoms with Crippen LogP contribution in [-0.2, 0) is 4.79 Å². The van der Waals surface area contributed by atoms with Crippen molar-refractivity contribution in [3.63, 3.8) is 0 Å². The van der Waals surface area contributed by atoms with E-state index in [0.717, 1.165) is 10.0 Å². The molecule has 0 fully saturated rings. The van der Waals surface area contributed by atoms with E-state index >= 15 is 0 Å². The molecule has 112 valence electrons. The lowest BCUT2D eigenvalue weighted by molar-refractivity contribution is -0.138. The van der Waals surface area contributed by atoms with E-state index in [-0.39, 0.29) is 18.4 Å². The molecule has 1 aromatic carbocycles. The van der Waals surface area contributed by atoms with Gasteiger partial charge >= 0.3 is 5.97 Å². The fraction of sp³-hybridized carbons (Fsp3) is 0.500. The second-order valence-electron chi connectivity index (χ2n) is 4.77. The topological polar surface area (TPSA) is 81.8 Å². The second-order valence-corrected chi connectivity index (χ2v) is 5.63. The molecular weight excluding hydrogens is 326 g/mol. The number of hydrogen-bond donors (Lipinski definition) is 2. The maximum atomic E-state index is 10.7. The summed E-state index contributed by atoms with van der Waals surface area (Å²) in [4.78, 5) is 10.7.